The molecule has 0 heterocycles. The molecule has 2 aromatic carbocycles. The Morgan fingerprint density at radius 3 is 2.26 bits per heavy atom. The van der Waals surface area contributed by atoms with E-state index in [0.29, 0.717) is 10.7 Å². The highest BCUT2D eigenvalue weighted by Crippen LogP contribution is 2.27. The first-order valence-corrected chi connectivity index (χ1v) is 7.55. The molecule has 2 rings (SSSR count). The lowest BCUT2D eigenvalue weighted by Crippen LogP contribution is -2.27. The molecular weight excluding hydrogens is 282 g/mol. The van der Waals surface area contributed by atoms with Crippen molar-refractivity contribution in [3.63, 3.8) is 0 Å². The number of anilines is 1. The van der Waals surface area contributed by atoms with Crippen molar-refractivity contribution in [1.29, 1.82) is 0 Å². The predicted octanol–water partition coefficient (Wildman–Crippen LogP) is 3.47. The average molecular weight is 296 g/mol. The van der Waals surface area contributed by atoms with E-state index in [2.05, 4.69) is 0 Å². The van der Waals surface area contributed by atoms with Crippen LogP contribution in [-0.2, 0) is 10.0 Å². The van der Waals surface area contributed by atoms with Crippen LogP contribution in [0.2, 0.25) is 5.02 Å². The van der Waals surface area contributed by atoms with Crippen molar-refractivity contribution in [2.45, 2.75) is 11.8 Å². The summed E-state index contributed by atoms with van der Waals surface area (Å²) in [6.45, 7) is 1.83. The monoisotopic (exact) mass is 295 g/mol. The number of aryl methyl sites for hydroxylation is 1. The third-order valence-corrected chi connectivity index (χ3v) is 4.92. The summed E-state index contributed by atoms with van der Waals surface area (Å²) in [7, 11) is -2.00. The van der Waals surface area contributed by atoms with E-state index in [4.69, 9.17) is 11.6 Å². The van der Waals surface area contributed by atoms with Gasteiger partial charge in [0.2, 0.25) is 0 Å². The molecule has 3 nitrogen and oxygen atoms in total. The van der Waals surface area contributed by atoms with E-state index in [9.17, 15) is 8.42 Å². The van der Waals surface area contributed by atoms with E-state index in [1.165, 1.54) is 4.31 Å². The molecule has 19 heavy (non-hydrogen) atoms. The van der Waals surface area contributed by atoms with E-state index in [0.717, 1.165) is 5.56 Å². The van der Waals surface area contributed by atoms with Crippen LogP contribution in [0.1, 0.15) is 5.56 Å². The van der Waals surface area contributed by atoms with Gasteiger partial charge in [-0.1, -0.05) is 29.8 Å². The maximum Gasteiger partial charge on any atom is 0.264 e. The number of sulfonamides is 1. The standard InChI is InChI=1S/C14H14ClNO2S/c1-11-10-12(15)8-9-14(11)16(2)19(17,18)13-6-4-3-5-7-13/h3-10H,1-2H3. The van der Waals surface area contributed by atoms with Crippen molar-refractivity contribution in [3.8, 4) is 0 Å². The van der Waals surface area contributed by atoms with Crippen LogP contribution in [0.25, 0.3) is 0 Å². The van der Waals surface area contributed by atoms with Gasteiger partial charge >= 0.3 is 0 Å². The molecule has 0 saturated heterocycles. The summed E-state index contributed by atoms with van der Waals surface area (Å²) in [6.07, 6.45) is 0. The van der Waals surface area contributed by atoms with Gasteiger partial charge in [-0.2, -0.15) is 0 Å². The quantitative estimate of drug-likeness (QED) is 0.869. The van der Waals surface area contributed by atoms with Gasteiger partial charge in [0.05, 0.1) is 10.6 Å². The molecule has 100 valence electrons. The molecule has 5 heteroatoms. The van der Waals surface area contributed by atoms with Crippen LogP contribution in [0.3, 0.4) is 0 Å². The minimum atomic E-state index is -3.54. The molecule has 0 fully saturated rings. The predicted molar refractivity (Wildman–Crippen MR) is 78.2 cm³/mol. The van der Waals surface area contributed by atoms with Gasteiger partial charge in [0.15, 0.2) is 0 Å². The smallest absolute Gasteiger partial charge is 0.264 e. The molecule has 2 aromatic rings. The fourth-order valence-corrected chi connectivity index (χ4v) is 3.36. The zero-order chi connectivity index (χ0) is 14.0. The normalized spacial score (nSPS) is 11.3. The topological polar surface area (TPSA) is 37.4 Å². The van der Waals surface area contributed by atoms with E-state index in [-0.39, 0.29) is 4.90 Å². The molecular formula is C14H14ClNO2S. The summed E-state index contributed by atoms with van der Waals surface area (Å²) in [5, 5.41) is 0.590. The molecule has 0 aliphatic carbocycles. The van der Waals surface area contributed by atoms with Gasteiger partial charge in [-0.25, -0.2) is 8.42 Å². The molecule has 0 saturated carbocycles. The number of hydrogen-bond acceptors (Lipinski definition) is 2. The summed E-state index contributed by atoms with van der Waals surface area (Å²) in [6, 6.07) is 13.5. The Bertz CT molecular complexity index is 684. The van der Waals surface area contributed by atoms with Crippen molar-refractivity contribution < 1.29 is 8.42 Å². The summed E-state index contributed by atoms with van der Waals surface area (Å²) in [4.78, 5) is 0.270. The van der Waals surface area contributed by atoms with Gasteiger partial charge in [0, 0.05) is 12.1 Å². The lowest BCUT2D eigenvalue weighted by Gasteiger charge is -2.21. The zero-order valence-electron chi connectivity index (χ0n) is 10.7. The molecule has 0 N–H and O–H groups in total. The number of halogens is 1. The largest absolute Gasteiger partial charge is 0.269 e. The first-order valence-electron chi connectivity index (χ1n) is 5.73. The lowest BCUT2D eigenvalue weighted by molar-refractivity contribution is 0.594. The number of nitrogens with zero attached hydrogens (tertiary/aromatic N) is 1. The highest BCUT2D eigenvalue weighted by atomic mass is 35.5. The van der Waals surface area contributed by atoms with Gasteiger partial charge in [-0.05, 0) is 42.8 Å². The summed E-state index contributed by atoms with van der Waals surface area (Å²) >= 11 is 5.88. The minimum absolute atomic E-state index is 0.270. The molecule has 0 bridgehead atoms. The fourth-order valence-electron chi connectivity index (χ4n) is 1.85. The van der Waals surface area contributed by atoms with Crippen LogP contribution in [0.5, 0.6) is 0 Å². The molecule has 0 spiro atoms. The first kappa shape index (κ1) is 13.9. The van der Waals surface area contributed by atoms with Crippen molar-refractivity contribution in [3.05, 3.63) is 59.1 Å². The second-order valence-electron chi connectivity index (χ2n) is 4.22. The van der Waals surface area contributed by atoms with Gasteiger partial charge in [0.1, 0.15) is 0 Å². The number of rotatable bonds is 3. The molecule has 0 aliphatic rings. The average Bonchev–Trinajstić information content (AvgIpc) is 2.39. The third kappa shape index (κ3) is 2.74. The minimum Gasteiger partial charge on any atom is -0.269 e. The second-order valence-corrected chi connectivity index (χ2v) is 6.62. The van der Waals surface area contributed by atoms with E-state index >= 15 is 0 Å². The summed E-state index contributed by atoms with van der Waals surface area (Å²) in [5.74, 6) is 0. The van der Waals surface area contributed by atoms with Crippen molar-refractivity contribution in [1.82, 2.24) is 0 Å². The Labute approximate surface area is 118 Å². The van der Waals surface area contributed by atoms with Gasteiger partial charge < -0.3 is 0 Å². The Morgan fingerprint density at radius 2 is 1.68 bits per heavy atom. The molecule has 0 radical (unpaired) electrons. The van der Waals surface area contributed by atoms with Crippen LogP contribution in [0, 0.1) is 6.92 Å². The SMILES string of the molecule is Cc1cc(Cl)ccc1N(C)S(=O)(=O)c1ccccc1. The van der Waals surface area contributed by atoms with Crippen LogP contribution >= 0.6 is 11.6 Å². The molecule has 0 atom stereocenters. The molecule has 0 aromatic heterocycles. The van der Waals surface area contributed by atoms with Gasteiger partial charge in [-0.15, -0.1) is 0 Å². The highest BCUT2D eigenvalue weighted by molar-refractivity contribution is 7.92. The van der Waals surface area contributed by atoms with Crippen molar-refractivity contribution >= 4 is 27.3 Å². The van der Waals surface area contributed by atoms with Crippen LogP contribution in [0.4, 0.5) is 5.69 Å². The lowest BCUT2D eigenvalue weighted by atomic mass is 10.2. The van der Waals surface area contributed by atoms with Crippen LogP contribution in [-0.4, -0.2) is 15.5 Å². The van der Waals surface area contributed by atoms with Crippen molar-refractivity contribution in [2.75, 3.05) is 11.4 Å². The highest BCUT2D eigenvalue weighted by Gasteiger charge is 2.21. The fraction of sp³-hybridized carbons (Fsp3) is 0.143. The molecule has 0 aliphatic heterocycles. The van der Waals surface area contributed by atoms with E-state index in [1.54, 1.807) is 55.6 Å². The molecule has 0 amide bonds. The third-order valence-electron chi connectivity index (χ3n) is 2.90. The number of benzene rings is 2. The maximum atomic E-state index is 12.5. The Kier molecular flexibility index (Phi) is 3.83. The first-order chi connectivity index (χ1) is 8.93. The maximum absolute atomic E-state index is 12.5. The Morgan fingerprint density at radius 1 is 1.05 bits per heavy atom. The summed E-state index contributed by atoms with van der Waals surface area (Å²) in [5.41, 5.74) is 1.43. The van der Waals surface area contributed by atoms with E-state index in [1.807, 2.05) is 6.92 Å². The second kappa shape index (κ2) is 5.23. The number of hydrogen-bond donors (Lipinski definition) is 0. The molecule has 0 unspecified atom stereocenters. The Balaban J connectivity index is 2.47. The Hall–Kier alpha value is -1.52. The van der Waals surface area contributed by atoms with Crippen molar-refractivity contribution in [2.24, 2.45) is 0 Å². The van der Waals surface area contributed by atoms with Crippen LogP contribution in [0.15, 0.2) is 53.4 Å². The zero-order valence-corrected chi connectivity index (χ0v) is 12.2. The van der Waals surface area contributed by atoms with Crippen LogP contribution < -0.4 is 4.31 Å². The summed E-state index contributed by atoms with van der Waals surface area (Å²) < 4.78 is 26.2. The van der Waals surface area contributed by atoms with Gasteiger partial charge in [0.25, 0.3) is 10.0 Å². The van der Waals surface area contributed by atoms with E-state index < -0.39 is 10.0 Å². The van der Waals surface area contributed by atoms with Gasteiger partial charge in [-0.3, -0.25) is 4.31 Å².